The van der Waals surface area contributed by atoms with Crippen LogP contribution in [0, 0.1) is 5.92 Å². The minimum Gasteiger partial charge on any atom is -0.331 e. The fourth-order valence-corrected chi connectivity index (χ4v) is 3.08. The lowest BCUT2D eigenvalue weighted by Crippen LogP contribution is -2.39. The van der Waals surface area contributed by atoms with Gasteiger partial charge in [0, 0.05) is 30.8 Å². The van der Waals surface area contributed by atoms with E-state index in [-0.39, 0.29) is 17.9 Å². The predicted octanol–water partition coefficient (Wildman–Crippen LogP) is 4.09. The SMILES string of the molecule is CC(=O)Nc1ccc(C(=O)N(Cc2ccccc2)C(C)C2CC2)cc1. The molecule has 1 aliphatic carbocycles. The number of anilines is 1. The summed E-state index contributed by atoms with van der Waals surface area (Å²) in [4.78, 5) is 26.2. The second-order valence-electron chi connectivity index (χ2n) is 6.76. The van der Waals surface area contributed by atoms with Crippen LogP contribution in [0.2, 0.25) is 0 Å². The van der Waals surface area contributed by atoms with Crippen molar-refractivity contribution in [2.24, 2.45) is 5.92 Å². The number of carbonyl (C=O) groups excluding carboxylic acids is 2. The van der Waals surface area contributed by atoms with Crippen LogP contribution >= 0.6 is 0 Å². The molecule has 130 valence electrons. The van der Waals surface area contributed by atoms with Gasteiger partial charge in [0.2, 0.25) is 5.91 Å². The Morgan fingerprint density at radius 3 is 2.28 bits per heavy atom. The molecule has 0 aromatic heterocycles. The van der Waals surface area contributed by atoms with E-state index >= 15 is 0 Å². The highest BCUT2D eigenvalue weighted by Crippen LogP contribution is 2.36. The molecule has 1 fully saturated rings. The number of nitrogens with zero attached hydrogens (tertiary/aromatic N) is 1. The molecule has 4 nitrogen and oxygen atoms in total. The van der Waals surface area contributed by atoms with E-state index in [0.29, 0.717) is 23.7 Å². The zero-order valence-electron chi connectivity index (χ0n) is 14.7. The highest BCUT2D eigenvalue weighted by Gasteiger charge is 2.34. The fraction of sp³-hybridized carbons (Fsp3) is 0.333. The van der Waals surface area contributed by atoms with E-state index in [1.54, 1.807) is 24.3 Å². The van der Waals surface area contributed by atoms with Gasteiger partial charge >= 0.3 is 0 Å². The second kappa shape index (κ2) is 7.51. The summed E-state index contributed by atoms with van der Waals surface area (Å²) in [7, 11) is 0. The van der Waals surface area contributed by atoms with E-state index in [0.717, 1.165) is 5.56 Å². The topological polar surface area (TPSA) is 49.4 Å². The summed E-state index contributed by atoms with van der Waals surface area (Å²) in [5.41, 5.74) is 2.49. The number of carbonyl (C=O) groups is 2. The molecule has 1 N–H and O–H groups in total. The van der Waals surface area contributed by atoms with E-state index in [1.807, 2.05) is 23.1 Å². The zero-order valence-corrected chi connectivity index (χ0v) is 14.7. The minimum absolute atomic E-state index is 0.0395. The third-order valence-corrected chi connectivity index (χ3v) is 4.70. The lowest BCUT2D eigenvalue weighted by molar-refractivity contribution is -0.114. The molecule has 2 aromatic carbocycles. The van der Waals surface area contributed by atoms with Crippen molar-refractivity contribution in [3.8, 4) is 0 Å². The normalized spacial score (nSPS) is 14.6. The van der Waals surface area contributed by atoms with Gasteiger partial charge in [0.15, 0.2) is 0 Å². The van der Waals surface area contributed by atoms with Gasteiger partial charge in [-0.05, 0) is 55.5 Å². The Balaban J connectivity index is 1.79. The monoisotopic (exact) mass is 336 g/mol. The standard InChI is InChI=1S/C21H24N2O2/c1-15(18-8-9-18)23(14-17-6-4-3-5-7-17)21(25)19-10-12-20(13-11-19)22-16(2)24/h3-7,10-13,15,18H,8-9,14H2,1-2H3,(H,22,24). The van der Waals surface area contributed by atoms with Crippen LogP contribution in [0.4, 0.5) is 5.69 Å². The van der Waals surface area contributed by atoms with Crippen LogP contribution in [-0.2, 0) is 11.3 Å². The molecule has 1 saturated carbocycles. The van der Waals surface area contributed by atoms with Gasteiger partial charge < -0.3 is 10.2 Å². The van der Waals surface area contributed by atoms with Gasteiger partial charge in [-0.15, -0.1) is 0 Å². The molecular weight excluding hydrogens is 312 g/mol. The molecule has 0 aliphatic heterocycles. The van der Waals surface area contributed by atoms with Gasteiger partial charge in [-0.1, -0.05) is 30.3 Å². The molecular formula is C21H24N2O2. The van der Waals surface area contributed by atoms with Crippen molar-refractivity contribution in [1.82, 2.24) is 4.90 Å². The summed E-state index contributed by atoms with van der Waals surface area (Å²) >= 11 is 0. The molecule has 1 unspecified atom stereocenters. The van der Waals surface area contributed by atoms with Crippen LogP contribution < -0.4 is 5.32 Å². The summed E-state index contributed by atoms with van der Waals surface area (Å²) in [6.45, 7) is 4.23. The highest BCUT2D eigenvalue weighted by molar-refractivity contribution is 5.95. The molecule has 0 heterocycles. The third-order valence-electron chi connectivity index (χ3n) is 4.70. The summed E-state index contributed by atoms with van der Waals surface area (Å²) < 4.78 is 0. The second-order valence-corrected chi connectivity index (χ2v) is 6.76. The molecule has 25 heavy (non-hydrogen) atoms. The van der Waals surface area contributed by atoms with E-state index < -0.39 is 0 Å². The molecule has 1 aliphatic rings. The van der Waals surface area contributed by atoms with Crippen LogP contribution in [0.1, 0.15) is 42.6 Å². The predicted molar refractivity (Wildman–Crippen MR) is 99.2 cm³/mol. The van der Waals surface area contributed by atoms with Crippen molar-refractivity contribution in [1.29, 1.82) is 0 Å². The molecule has 1 atom stereocenters. The Labute approximate surface area is 148 Å². The largest absolute Gasteiger partial charge is 0.331 e. The first kappa shape index (κ1) is 17.2. The van der Waals surface area contributed by atoms with Crippen molar-refractivity contribution >= 4 is 17.5 Å². The van der Waals surface area contributed by atoms with Crippen molar-refractivity contribution in [3.05, 3.63) is 65.7 Å². The Morgan fingerprint density at radius 1 is 1.08 bits per heavy atom. The Morgan fingerprint density at radius 2 is 1.72 bits per heavy atom. The first-order valence-corrected chi connectivity index (χ1v) is 8.77. The van der Waals surface area contributed by atoms with Crippen LogP contribution in [0.15, 0.2) is 54.6 Å². The summed E-state index contributed by atoms with van der Waals surface area (Å²) in [5.74, 6) is 0.524. The number of rotatable bonds is 6. The number of hydrogen-bond donors (Lipinski definition) is 1. The molecule has 0 spiro atoms. The quantitative estimate of drug-likeness (QED) is 0.864. The number of hydrogen-bond acceptors (Lipinski definition) is 2. The van der Waals surface area contributed by atoms with Gasteiger partial charge in [-0.25, -0.2) is 0 Å². The van der Waals surface area contributed by atoms with Crippen LogP contribution in [0.5, 0.6) is 0 Å². The molecule has 3 rings (SSSR count). The molecule has 4 heteroatoms. The first-order valence-electron chi connectivity index (χ1n) is 8.77. The Kier molecular flexibility index (Phi) is 5.17. The maximum Gasteiger partial charge on any atom is 0.254 e. The lowest BCUT2D eigenvalue weighted by atomic mass is 10.1. The molecule has 0 saturated heterocycles. The van der Waals surface area contributed by atoms with E-state index in [2.05, 4.69) is 24.4 Å². The van der Waals surface area contributed by atoms with Gasteiger partial charge in [-0.3, -0.25) is 9.59 Å². The van der Waals surface area contributed by atoms with E-state index in [4.69, 9.17) is 0 Å². The first-order chi connectivity index (χ1) is 12.0. The number of nitrogens with one attached hydrogen (secondary N) is 1. The maximum absolute atomic E-state index is 13.1. The van der Waals surface area contributed by atoms with Crippen LogP contribution in [0.25, 0.3) is 0 Å². The van der Waals surface area contributed by atoms with Crippen LogP contribution in [-0.4, -0.2) is 22.8 Å². The molecule has 2 aromatic rings. The highest BCUT2D eigenvalue weighted by atomic mass is 16.2. The van der Waals surface area contributed by atoms with Crippen molar-refractivity contribution in [2.75, 3.05) is 5.32 Å². The van der Waals surface area contributed by atoms with E-state index in [1.165, 1.54) is 19.8 Å². The Bertz CT molecular complexity index is 736. The molecule has 2 amide bonds. The zero-order chi connectivity index (χ0) is 17.8. The minimum atomic E-state index is -0.118. The maximum atomic E-state index is 13.1. The van der Waals surface area contributed by atoms with Gasteiger partial charge in [0.1, 0.15) is 0 Å². The molecule has 0 radical (unpaired) electrons. The van der Waals surface area contributed by atoms with E-state index in [9.17, 15) is 9.59 Å². The number of benzene rings is 2. The number of amides is 2. The van der Waals surface area contributed by atoms with Crippen molar-refractivity contribution < 1.29 is 9.59 Å². The van der Waals surface area contributed by atoms with Gasteiger partial charge in [0.05, 0.1) is 0 Å². The Hall–Kier alpha value is -2.62. The summed E-state index contributed by atoms with van der Waals surface area (Å²) in [6, 6.07) is 17.4. The lowest BCUT2D eigenvalue weighted by Gasteiger charge is -2.30. The fourth-order valence-electron chi connectivity index (χ4n) is 3.08. The third kappa shape index (κ3) is 4.47. The average Bonchev–Trinajstić information content (AvgIpc) is 3.45. The summed E-state index contributed by atoms with van der Waals surface area (Å²) in [6.07, 6.45) is 2.39. The van der Waals surface area contributed by atoms with Gasteiger partial charge in [0.25, 0.3) is 5.91 Å². The molecule has 0 bridgehead atoms. The van der Waals surface area contributed by atoms with Crippen molar-refractivity contribution in [3.63, 3.8) is 0 Å². The van der Waals surface area contributed by atoms with Gasteiger partial charge in [-0.2, -0.15) is 0 Å². The smallest absolute Gasteiger partial charge is 0.254 e. The van der Waals surface area contributed by atoms with Crippen LogP contribution in [0.3, 0.4) is 0 Å². The summed E-state index contributed by atoms with van der Waals surface area (Å²) in [5, 5.41) is 2.73. The van der Waals surface area contributed by atoms with Crippen molar-refractivity contribution in [2.45, 2.75) is 39.3 Å². The average molecular weight is 336 g/mol.